The van der Waals surface area contributed by atoms with Gasteiger partial charge in [0, 0.05) is 39.1 Å². The predicted octanol–water partition coefficient (Wildman–Crippen LogP) is 6.75. The maximum Gasteiger partial charge on any atom is 0.0964 e. The van der Waals surface area contributed by atoms with Gasteiger partial charge in [0.25, 0.3) is 0 Å². The molecule has 32 heavy (non-hydrogen) atoms. The van der Waals surface area contributed by atoms with E-state index >= 15 is 0 Å². The molecule has 0 N–H and O–H groups in total. The molecular weight excluding hydrogens is 480 g/mol. The Bertz CT molecular complexity index is 1210. The maximum absolute atomic E-state index is 4.99. The summed E-state index contributed by atoms with van der Waals surface area (Å²) in [5.41, 5.74) is 7.14. The molecule has 0 radical (unpaired) electrons. The summed E-state index contributed by atoms with van der Waals surface area (Å²) >= 11 is 5.38. The van der Waals surface area contributed by atoms with Gasteiger partial charge < -0.3 is 0 Å². The highest BCUT2D eigenvalue weighted by Gasteiger charge is 2.25. The van der Waals surface area contributed by atoms with Gasteiger partial charge in [0.2, 0.25) is 0 Å². The summed E-state index contributed by atoms with van der Waals surface area (Å²) in [5, 5.41) is 8.31. The molecule has 3 heterocycles. The summed E-state index contributed by atoms with van der Waals surface area (Å²) in [6.45, 7) is 7.50. The number of para-hydroxylation sites is 1. The molecule has 1 aliphatic rings. The lowest BCUT2D eigenvalue weighted by Gasteiger charge is -2.31. The molecule has 0 atom stereocenters. The summed E-state index contributed by atoms with van der Waals surface area (Å²) in [5.74, 6) is 0.561. The van der Waals surface area contributed by atoms with Gasteiger partial charge in [-0.05, 0) is 64.0 Å². The van der Waals surface area contributed by atoms with Gasteiger partial charge in [0.15, 0.2) is 0 Å². The highest BCUT2D eigenvalue weighted by Crippen LogP contribution is 2.34. The Balaban J connectivity index is 1.24. The van der Waals surface area contributed by atoms with Gasteiger partial charge in [-0.15, -0.1) is 11.3 Å². The molecule has 1 fully saturated rings. The second-order valence-electron chi connectivity index (χ2n) is 8.53. The minimum atomic E-state index is 0.561. The van der Waals surface area contributed by atoms with Crippen molar-refractivity contribution in [2.45, 2.75) is 39.2 Å². The average molecular weight is 508 g/mol. The van der Waals surface area contributed by atoms with Crippen LogP contribution in [0.5, 0.6) is 0 Å². The number of hydrogen-bond acceptors (Lipinski definition) is 4. The Morgan fingerprint density at radius 2 is 1.81 bits per heavy atom. The minimum Gasteiger partial charge on any atom is -0.299 e. The first-order valence-electron chi connectivity index (χ1n) is 11.1. The Labute approximate surface area is 202 Å². The van der Waals surface area contributed by atoms with E-state index in [1.807, 2.05) is 17.4 Å². The Hall–Kier alpha value is -2.28. The van der Waals surface area contributed by atoms with Crippen molar-refractivity contribution >= 4 is 27.3 Å². The SMILES string of the molecule is Cc1nn(-c2ccccc2)c(C)c1CN1CCC(c2nc(-c3cccc(Br)c3)cs2)CC1. The third-order valence-corrected chi connectivity index (χ3v) is 7.90. The normalized spacial score (nSPS) is 15.3. The summed E-state index contributed by atoms with van der Waals surface area (Å²) < 4.78 is 3.18. The maximum atomic E-state index is 4.99. The second-order valence-corrected chi connectivity index (χ2v) is 10.3. The lowest BCUT2D eigenvalue weighted by molar-refractivity contribution is 0.204. The first-order valence-corrected chi connectivity index (χ1v) is 12.8. The van der Waals surface area contributed by atoms with Crippen LogP contribution in [0.4, 0.5) is 0 Å². The van der Waals surface area contributed by atoms with Crippen LogP contribution in [0.2, 0.25) is 0 Å². The first-order chi connectivity index (χ1) is 15.6. The predicted molar refractivity (Wildman–Crippen MR) is 136 cm³/mol. The van der Waals surface area contributed by atoms with Crippen LogP contribution in [0, 0.1) is 13.8 Å². The van der Waals surface area contributed by atoms with Crippen LogP contribution in [0.15, 0.2) is 64.5 Å². The summed E-state index contributed by atoms with van der Waals surface area (Å²) in [7, 11) is 0. The van der Waals surface area contributed by atoms with E-state index in [1.165, 1.54) is 21.8 Å². The van der Waals surface area contributed by atoms with E-state index in [-0.39, 0.29) is 0 Å². The van der Waals surface area contributed by atoms with Gasteiger partial charge in [-0.1, -0.05) is 46.3 Å². The molecular formula is C26H27BrN4S. The molecule has 4 nitrogen and oxygen atoms in total. The van der Waals surface area contributed by atoms with E-state index in [4.69, 9.17) is 10.1 Å². The summed E-state index contributed by atoms with van der Waals surface area (Å²) in [6.07, 6.45) is 2.33. The number of piperidine rings is 1. The summed E-state index contributed by atoms with van der Waals surface area (Å²) in [6, 6.07) is 18.8. The number of rotatable bonds is 5. The number of aryl methyl sites for hydroxylation is 1. The van der Waals surface area contributed by atoms with Crippen LogP contribution in [0.3, 0.4) is 0 Å². The van der Waals surface area contributed by atoms with E-state index in [0.29, 0.717) is 5.92 Å². The van der Waals surface area contributed by atoms with Crippen molar-refractivity contribution in [1.29, 1.82) is 0 Å². The Morgan fingerprint density at radius 3 is 2.56 bits per heavy atom. The van der Waals surface area contributed by atoms with E-state index in [0.717, 1.165) is 54.0 Å². The molecule has 0 saturated carbocycles. The molecule has 1 saturated heterocycles. The molecule has 4 aromatic rings. The quantitative estimate of drug-likeness (QED) is 0.300. The van der Waals surface area contributed by atoms with Crippen LogP contribution >= 0.6 is 27.3 Å². The smallest absolute Gasteiger partial charge is 0.0964 e. The third kappa shape index (κ3) is 4.45. The fourth-order valence-electron chi connectivity index (χ4n) is 4.54. The van der Waals surface area contributed by atoms with Crippen molar-refractivity contribution in [2.24, 2.45) is 0 Å². The number of thiazole rings is 1. The lowest BCUT2D eigenvalue weighted by atomic mass is 9.97. The van der Waals surface area contributed by atoms with Gasteiger partial charge >= 0.3 is 0 Å². The number of likely N-dealkylation sites (tertiary alicyclic amines) is 1. The number of halogens is 1. The largest absolute Gasteiger partial charge is 0.299 e. The first kappa shape index (κ1) is 21.6. The molecule has 2 aromatic heterocycles. The number of aromatic nitrogens is 3. The zero-order chi connectivity index (χ0) is 22.1. The van der Waals surface area contributed by atoms with E-state index in [1.54, 1.807) is 0 Å². The highest BCUT2D eigenvalue weighted by molar-refractivity contribution is 9.10. The van der Waals surface area contributed by atoms with Gasteiger partial charge in [-0.3, -0.25) is 4.90 Å². The molecule has 0 spiro atoms. The van der Waals surface area contributed by atoms with Crippen molar-refractivity contribution in [2.75, 3.05) is 13.1 Å². The van der Waals surface area contributed by atoms with Gasteiger partial charge in [-0.25, -0.2) is 9.67 Å². The van der Waals surface area contributed by atoms with Gasteiger partial charge in [0.05, 0.1) is 22.1 Å². The van der Waals surface area contributed by atoms with E-state index in [9.17, 15) is 0 Å². The lowest BCUT2D eigenvalue weighted by Crippen LogP contribution is -2.32. The average Bonchev–Trinajstić information content (AvgIpc) is 3.41. The van der Waals surface area contributed by atoms with Crippen molar-refractivity contribution < 1.29 is 0 Å². The number of hydrogen-bond donors (Lipinski definition) is 0. The molecule has 0 amide bonds. The molecule has 164 valence electrons. The molecule has 0 bridgehead atoms. The Kier molecular flexibility index (Phi) is 6.26. The zero-order valence-electron chi connectivity index (χ0n) is 18.5. The molecule has 6 heteroatoms. The number of benzene rings is 2. The van der Waals surface area contributed by atoms with Gasteiger partial charge in [0.1, 0.15) is 0 Å². The van der Waals surface area contributed by atoms with Crippen LogP contribution in [-0.2, 0) is 6.54 Å². The number of nitrogens with zero attached hydrogens (tertiary/aromatic N) is 4. The molecule has 2 aromatic carbocycles. The Morgan fingerprint density at radius 1 is 1.03 bits per heavy atom. The minimum absolute atomic E-state index is 0.561. The van der Waals surface area contributed by atoms with Crippen molar-refractivity contribution in [1.82, 2.24) is 19.7 Å². The van der Waals surface area contributed by atoms with Crippen molar-refractivity contribution in [3.63, 3.8) is 0 Å². The monoisotopic (exact) mass is 506 g/mol. The van der Waals surface area contributed by atoms with Crippen molar-refractivity contribution in [3.8, 4) is 16.9 Å². The van der Waals surface area contributed by atoms with E-state index in [2.05, 4.69) is 93.3 Å². The fourth-order valence-corrected chi connectivity index (χ4v) is 5.94. The standard InChI is InChI=1S/C26H27BrN4S/c1-18-24(19(2)31(29-18)23-9-4-3-5-10-23)16-30-13-11-20(12-14-30)26-28-25(17-32-26)21-7-6-8-22(27)15-21/h3-10,15,17,20H,11-14,16H2,1-2H3. The highest BCUT2D eigenvalue weighted by atomic mass is 79.9. The summed E-state index contributed by atoms with van der Waals surface area (Å²) in [4.78, 5) is 7.56. The molecule has 0 aliphatic carbocycles. The topological polar surface area (TPSA) is 34.0 Å². The molecule has 0 unspecified atom stereocenters. The van der Waals surface area contributed by atoms with Crippen LogP contribution in [0.25, 0.3) is 16.9 Å². The van der Waals surface area contributed by atoms with Crippen molar-refractivity contribution in [3.05, 3.63) is 86.4 Å². The zero-order valence-corrected chi connectivity index (χ0v) is 20.9. The third-order valence-electron chi connectivity index (χ3n) is 6.40. The fraction of sp³-hybridized carbons (Fsp3) is 0.308. The van der Waals surface area contributed by atoms with Crippen LogP contribution < -0.4 is 0 Å². The molecule has 1 aliphatic heterocycles. The second kappa shape index (κ2) is 9.30. The van der Waals surface area contributed by atoms with Crippen LogP contribution in [0.1, 0.15) is 40.7 Å². The van der Waals surface area contributed by atoms with Gasteiger partial charge in [-0.2, -0.15) is 5.10 Å². The van der Waals surface area contributed by atoms with Crippen LogP contribution in [-0.4, -0.2) is 32.8 Å². The van der Waals surface area contributed by atoms with E-state index < -0.39 is 0 Å². The molecule has 5 rings (SSSR count).